The Morgan fingerprint density at radius 3 is 2.69 bits per heavy atom. The molecule has 1 aliphatic carbocycles. The summed E-state index contributed by atoms with van der Waals surface area (Å²) in [6.07, 6.45) is 1.16. The smallest absolute Gasteiger partial charge is 0.313 e. The molecule has 2 N–H and O–H groups in total. The van der Waals surface area contributed by atoms with E-state index in [4.69, 9.17) is 0 Å². The summed E-state index contributed by atoms with van der Waals surface area (Å²) in [5.41, 5.74) is 0.504. The molecule has 0 unspecified atom stereocenters. The highest BCUT2D eigenvalue weighted by Crippen LogP contribution is 2.55. The second-order valence-electron chi connectivity index (χ2n) is 8.32. The lowest BCUT2D eigenvalue weighted by atomic mass is 10.1. The Bertz CT molecular complexity index is 1730. The largest absolute Gasteiger partial charge is 0.408 e. The fraction of sp³-hybridized carbons (Fsp3) is 0.238. The number of pyridine rings is 1. The van der Waals surface area contributed by atoms with Crippen molar-refractivity contribution in [3.63, 3.8) is 0 Å². The summed E-state index contributed by atoms with van der Waals surface area (Å²) in [5, 5.41) is 8.45. The quantitative estimate of drug-likeness (QED) is 0.376. The predicted octanol–water partition coefficient (Wildman–Crippen LogP) is 2.49. The fourth-order valence-electron chi connectivity index (χ4n) is 4.32. The Labute approximate surface area is 191 Å². The number of aromatic amines is 2. The van der Waals surface area contributed by atoms with Crippen LogP contribution < -0.4 is 11.2 Å². The van der Waals surface area contributed by atoms with Gasteiger partial charge in [-0.3, -0.25) is 19.4 Å². The average molecular weight is 486 g/mol. The van der Waals surface area contributed by atoms with Gasteiger partial charge in [-0.05, 0) is 24.5 Å². The van der Waals surface area contributed by atoms with Gasteiger partial charge in [0.2, 0.25) is 5.95 Å². The van der Waals surface area contributed by atoms with Crippen LogP contribution in [0.5, 0.6) is 0 Å². The summed E-state index contributed by atoms with van der Waals surface area (Å²) in [6.45, 7) is -1.22. The van der Waals surface area contributed by atoms with Crippen LogP contribution in [0.1, 0.15) is 29.5 Å². The summed E-state index contributed by atoms with van der Waals surface area (Å²) in [5.74, 6) is -1.09. The van der Waals surface area contributed by atoms with E-state index in [9.17, 15) is 27.2 Å². The van der Waals surface area contributed by atoms with Gasteiger partial charge in [-0.1, -0.05) is 0 Å². The standard InChI is InChI=1S/C21H14F4N8O2/c22-17-7-27-18-12(2-15(31-33(17)18)13-6-28-20(35)30-19(13)34)10-1-11(10)14-3-16-9(4-26-14)5-29-32(16)8-21(23,24)25/h2-7,10-11H,1,8H2,(H2,28,30,34,35)/t10-,11-/m0/s1. The Kier molecular flexibility index (Phi) is 4.43. The van der Waals surface area contributed by atoms with Crippen LogP contribution >= 0.6 is 0 Å². The van der Waals surface area contributed by atoms with E-state index in [2.05, 4.69) is 30.1 Å². The van der Waals surface area contributed by atoms with Crippen molar-refractivity contribution >= 4 is 16.6 Å². The van der Waals surface area contributed by atoms with E-state index in [1.54, 1.807) is 12.1 Å². The lowest BCUT2D eigenvalue weighted by Crippen LogP contribution is -2.23. The minimum absolute atomic E-state index is 0.0358. The number of hydrogen-bond donors (Lipinski definition) is 2. The zero-order valence-electron chi connectivity index (χ0n) is 17.5. The summed E-state index contributed by atoms with van der Waals surface area (Å²) < 4.78 is 55.0. The molecule has 0 aliphatic heterocycles. The molecular weight excluding hydrogens is 472 g/mol. The van der Waals surface area contributed by atoms with Crippen LogP contribution in [-0.4, -0.2) is 45.5 Å². The highest BCUT2D eigenvalue weighted by Gasteiger charge is 2.43. The molecule has 1 saturated carbocycles. The van der Waals surface area contributed by atoms with Crippen LogP contribution in [0.2, 0.25) is 0 Å². The number of nitrogens with zero attached hydrogens (tertiary/aromatic N) is 6. The van der Waals surface area contributed by atoms with E-state index in [1.165, 1.54) is 18.6 Å². The number of rotatable bonds is 4. The van der Waals surface area contributed by atoms with Gasteiger partial charge in [-0.15, -0.1) is 0 Å². The lowest BCUT2D eigenvalue weighted by Gasteiger charge is -2.09. The molecule has 6 rings (SSSR count). The van der Waals surface area contributed by atoms with Gasteiger partial charge in [0, 0.05) is 35.0 Å². The van der Waals surface area contributed by atoms with Crippen LogP contribution in [0.4, 0.5) is 17.6 Å². The third kappa shape index (κ3) is 3.66. The SMILES string of the molecule is O=c1[nH]cc(-c2cc([C@H]3C[C@@H]3c3cc4c(cn3)cnn4CC(F)(F)F)c3ncc(F)n3n2)c(=O)[nH]1. The first-order chi connectivity index (χ1) is 16.7. The number of H-pyrrole nitrogens is 2. The maximum atomic E-state index is 14.4. The molecule has 0 amide bonds. The van der Waals surface area contributed by atoms with Gasteiger partial charge in [-0.2, -0.15) is 32.3 Å². The topological polar surface area (TPSA) is 127 Å². The molecule has 10 nitrogen and oxygen atoms in total. The van der Waals surface area contributed by atoms with Crippen molar-refractivity contribution in [2.75, 3.05) is 0 Å². The molecule has 2 atom stereocenters. The van der Waals surface area contributed by atoms with Crippen molar-refractivity contribution in [3.8, 4) is 11.3 Å². The van der Waals surface area contributed by atoms with E-state index >= 15 is 0 Å². The second kappa shape index (κ2) is 7.32. The van der Waals surface area contributed by atoms with Crippen LogP contribution in [0.25, 0.3) is 27.8 Å². The van der Waals surface area contributed by atoms with E-state index in [0.717, 1.165) is 15.4 Å². The molecule has 5 heterocycles. The van der Waals surface area contributed by atoms with Crippen molar-refractivity contribution < 1.29 is 17.6 Å². The highest BCUT2D eigenvalue weighted by atomic mass is 19.4. The molecule has 1 aliphatic rings. The molecule has 5 aromatic heterocycles. The molecule has 0 saturated heterocycles. The first-order valence-corrected chi connectivity index (χ1v) is 10.4. The Morgan fingerprint density at radius 1 is 1.09 bits per heavy atom. The highest BCUT2D eigenvalue weighted by molar-refractivity contribution is 5.78. The summed E-state index contributed by atoms with van der Waals surface area (Å²) >= 11 is 0. The number of imidazole rings is 1. The van der Waals surface area contributed by atoms with Crippen LogP contribution in [0.3, 0.4) is 0 Å². The first kappa shape index (κ1) is 21.2. The van der Waals surface area contributed by atoms with Crippen molar-refractivity contribution in [3.05, 3.63) is 75.0 Å². The maximum Gasteiger partial charge on any atom is 0.408 e. The molecule has 35 heavy (non-hydrogen) atoms. The van der Waals surface area contributed by atoms with Crippen LogP contribution in [0.15, 0.2) is 46.5 Å². The normalized spacial score (nSPS) is 17.9. The van der Waals surface area contributed by atoms with Gasteiger partial charge in [0.25, 0.3) is 5.56 Å². The molecule has 5 aromatic rings. The third-order valence-corrected chi connectivity index (χ3v) is 6.00. The molecule has 0 bridgehead atoms. The van der Waals surface area contributed by atoms with Crippen LogP contribution in [0, 0.1) is 5.95 Å². The van der Waals surface area contributed by atoms with E-state index in [-0.39, 0.29) is 28.7 Å². The van der Waals surface area contributed by atoms with E-state index < -0.39 is 29.9 Å². The van der Waals surface area contributed by atoms with Gasteiger partial charge in [0.15, 0.2) is 5.65 Å². The summed E-state index contributed by atoms with van der Waals surface area (Å²) in [4.78, 5) is 36.6. The predicted molar refractivity (Wildman–Crippen MR) is 113 cm³/mol. The zero-order valence-corrected chi connectivity index (χ0v) is 17.5. The van der Waals surface area contributed by atoms with Crippen molar-refractivity contribution in [2.45, 2.75) is 31.0 Å². The molecule has 14 heteroatoms. The minimum atomic E-state index is -4.42. The van der Waals surface area contributed by atoms with Crippen molar-refractivity contribution in [1.82, 2.24) is 39.3 Å². The van der Waals surface area contributed by atoms with Crippen LogP contribution in [-0.2, 0) is 6.54 Å². The average Bonchev–Trinajstić information content (AvgIpc) is 3.38. The van der Waals surface area contributed by atoms with Gasteiger partial charge in [0.1, 0.15) is 6.54 Å². The molecule has 1 fully saturated rings. The van der Waals surface area contributed by atoms with E-state index in [0.29, 0.717) is 28.6 Å². The lowest BCUT2D eigenvalue weighted by molar-refractivity contribution is -0.141. The number of halogens is 4. The maximum absolute atomic E-state index is 14.4. The number of fused-ring (bicyclic) bond motifs is 2. The molecular formula is C21H14F4N8O2. The number of alkyl halides is 3. The number of nitrogens with one attached hydrogen (secondary N) is 2. The number of aromatic nitrogens is 8. The van der Waals surface area contributed by atoms with Gasteiger partial charge >= 0.3 is 11.9 Å². The zero-order chi connectivity index (χ0) is 24.5. The Balaban J connectivity index is 1.41. The molecule has 0 radical (unpaired) electrons. The fourth-order valence-corrected chi connectivity index (χ4v) is 4.32. The summed E-state index contributed by atoms with van der Waals surface area (Å²) in [7, 11) is 0. The van der Waals surface area contributed by atoms with Gasteiger partial charge in [0.05, 0.1) is 29.2 Å². The number of hydrogen-bond acceptors (Lipinski definition) is 6. The van der Waals surface area contributed by atoms with Gasteiger partial charge < -0.3 is 4.98 Å². The van der Waals surface area contributed by atoms with Crippen molar-refractivity contribution in [1.29, 1.82) is 0 Å². The Hall–Kier alpha value is -4.36. The second-order valence-corrected chi connectivity index (χ2v) is 8.32. The Morgan fingerprint density at radius 2 is 1.91 bits per heavy atom. The minimum Gasteiger partial charge on any atom is -0.313 e. The molecule has 0 spiro atoms. The van der Waals surface area contributed by atoms with Crippen molar-refractivity contribution in [2.24, 2.45) is 0 Å². The molecule has 178 valence electrons. The monoisotopic (exact) mass is 486 g/mol. The summed E-state index contributed by atoms with van der Waals surface area (Å²) in [6, 6.07) is 3.18. The van der Waals surface area contributed by atoms with Gasteiger partial charge in [-0.25, -0.2) is 9.78 Å². The van der Waals surface area contributed by atoms with E-state index in [1.807, 2.05) is 0 Å². The molecule has 0 aromatic carbocycles. The third-order valence-electron chi connectivity index (χ3n) is 6.00. The first-order valence-electron chi connectivity index (χ1n) is 10.4.